The molecule has 0 amide bonds. The van der Waals surface area contributed by atoms with Crippen LogP contribution >= 0.6 is 35.3 Å². The number of nitrogens with one attached hydrogen (secondary N) is 2. The van der Waals surface area contributed by atoms with E-state index in [9.17, 15) is 0 Å². The lowest BCUT2D eigenvalue weighted by Gasteiger charge is -2.13. The van der Waals surface area contributed by atoms with Crippen LogP contribution in [0.5, 0.6) is 0 Å². The van der Waals surface area contributed by atoms with E-state index in [0.717, 1.165) is 38.6 Å². The Kier molecular flexibility index (Phi) is 11.3. The molecule has 0 saturated heterocycles. The van der Waals surface area contributed by atoms with Crippen molar-refractivity contribution in [3.63, 3.8) is 0 Å². The zero-order valence-electron chi connectivity index (χ0n) is 12.0. The predicted octanol–water partition coefficient (Wildman–Crippen LogP) is 2.37. The molecule has 1 rings (SSSR count). The van der Waals surface area contributed by atoms with E-state index in [1.807, 2.05) is 0 Å². The van der Waals surface area contributed by atoms with Gasteiger partial charge in [-0.1, -0.05) is 6.07 Å². The van der Waals surface area contributed by atoms with Gasteiger partial charge in [0.05, 0.1) is 6.54 Å². The van der Waals surface area contributed by atoms with Gasteiger partial charge in [-0.05, 0) is 45.4 Å². The SMILES string of the molecule is CCNC(=NCc1cccs1)NCCCN(C)C.I. The maximum absolute atomic E-state index is 4.56. The van der Waals surface area contributed by atoms with Gasteiger partial charge in [-0.15, -0.1) is 35.3 Å². The lowest BCUT2D eigenvalue weighted by molar-refractivity contribution is 0.399. The van der Waals surface area contributed by atoms with Crippen LogP contribution < -0.4 is 10.6 Å². The molecule has 4 nitrogen and oxygen atoms in total. The summed E-state index contributed by atoms with van der Waals surface area (Å²) in [4.78, 5) is 8.05. The van der Waals surface area contributed by atoms with Crippen LogP contribution in [0.25, 0.3) is 0 Å². The molecular formula is C13H25IN4S. The van der Waals surface area contributed by atoms with E-state index in [2.05, 4.69) is 59.1 Å². The van der Waals surface area contributed by atoms with Crippen LogP contribution in [0.3, 0.4) is 0 Å². The monoisotopic (exact) mass is 396 g/mol. The Labute approximate surface area is 137 Å². The van der Waals surface area contributed by atoms with Crippen molar-refractivity contribution < 1.29 is 0 Å². The molecule has 6 heteroatoms. The molecule has 0 atom stereocenters. The number of aliphatic imine (C=N–C) groups is 1. The Morgan fingerprint density at radius 3 is 2.74 bits per heavy atom. The number of thiophene rings is 1. The molecule has 0 aliphatic carbocycles. The van der Waals surface area contributed by atoms with Crippen LogP contribution in [0, 0.1) is 0 Å². The van der Waals surface area contributed by atoms with Crippen molar-refractivity contribution >= 4 is 41.3 Å². The summed E-state index contributed by atoms with van der Waals surface area (Å²) in [6.45, 7) is 5.78. The molecule has 1 aromatic heterocycles. The molecule has 0 aliphatic heterocycles. The molecule has 1 heterocycles. The molecule has 0 aliphatic rings. The summed E-state index contributed by atoms with van der Waals surface area (Å²) in [6.07, 6.45) is 1.12. The highest BCUT2D eigenvalue weighted by Gasteiger charge is 1.98. The first-order chi connectivity index (χ1) is 8.72. The van der Waals surface area contributed by atoms with Crippen molar-refractivity contribution in [2.75, 3.05) is 33.7 Å². The quantitative estimate of drug-likeness (QED) is 0.322. The zero-order chi connectivity index (χ0) is 13.2. The van der Waals surface area contributed by atoms with Gasteiger partial charge in [0.15, 0.2) is 5.96 Å². The molecule has 1 aromatic rings. The Balaban J connectivity index is 0.00000324. The van der Waals surface area contributed by atoms with Crippen molar-refractivity contribution in [3.8, 4) is 0 Å². The van der Waals surface area contributed by atoms with E-state index < -0.39 is 0 Å². The lowest BCUT2D eigenvalue weighted by Crippen LogP contribution is -2.38. The summed E-state index contributed by atoms with van der Waals surface area (Å²) in [5.41, 5.74) is 0. The number of hydrogen-bond acceptors (Lipinski definition) is 3. The van der Waals surface area contributed by atoms with Crippen LogP contribution in [0.15, 0.2) is 22.5 Å². The molecule has 110 valence electrons. The van der Waals surface area contributed by atoms with E-state index in [-0.39, 0.29) is 24.0 Å². The van der Waals surface area contributed by atoms with Gasteiger partial charge in [0, 0.05) is 18.0 Å². The number of guanidine groups is 1. The molecule has 0 saturated carbocycles. The standard InChI is InChI=1S/C13H24N4S.HI/c1-4-14-13(15-8-6-9-17(2)3)16-11-12-7-5-10-18-12;/h5,7,10H,4,6,8-9,11H2,1-3H3,(H2,14,15,16);1H. The van der Waals surface area contributed by atoms with Crippen LogP contribution in [-0.2, 0) is 6.54 Å². The van der Waals surface area contributed by atoms with E-state index in [4.69, 9.17) is 0 Å². The van der Waals surface area contributed by atoms with Crippen molar-refractivity contribution in [2.24, 2.45) is 4.99 Å². The Morgan fingerprint density at radius 1 is 1.37 bits per heavy atom. The lowest BCUT2D eigenvalue weighted by atomic mass is 10.4. The van der Waals surface area contributed by atoms with Crippen LogP contribution in [-0.4, -0.2) is 44.6 Å². The summed E-state index contributed by atoms with van der Waals surface area (Å²) in [7, 11) is 4.19. The molecule has 2 N–H and O–H groups in total. The second kappa shape index (κ2) is 11.5. The average molecular weight is 396 g/mol. The highest BCUT2D eigenvalue weighted by Crippen LogP contribution is 2.09. The Bertz CT molecular complexity index is 338. The maximum Gasteiger partial charge on any atom is 0.191 e. The summed E-state index contributed by atoms with van der Waals surface area (Å²) in [6, 6.07) is 4.18. The highest BCUT2D eigenvalue weighted by molar-refractivity contribution is 14.0. The first-order valence-electron chi connectivity index (χ1n) is 6.41. The van der Waals surface area contributed by atoms with Crippen LogP contribution in [0.1, 0.15) is 18.2 Å². The van der Waals surface area contributed by atoms with Crippen molar-refractivity contribution in [1.29, 1.82) is 0 Å². The van der Waals surface area contributed by atoms with Gasteiger partial charge in [0.2, 0.25) is 0 Å². The third kappa shape index (κ3) is 9.23. The molecular weight excluding hydrogens is 371 g/mol. The average Bonchev–Trinajstić information content (AvgIpc) is 2.84. The van der Waals surface area contributed by atoms with E-state index in [1.54, 1.807) is 11.3 Å². The summed E-state index contributed by atoms with van der Waals surface area (Å²) in [5, 5.41) is 8.70. The van der Waals surface area contributed by atoms with Crippen molar-refractivity contribution in [1.82, 2.24) is 15.5 Å². The Morgan fingerprint density at radius 2 is 2.16 bits per heavy atom. The molecule has 0 unspecified atom stereocenters. The van der Waals surface area contributed by atoms with Gasteiger partial charge in [-0.2, -0.15) is 0 Å². The molecule has 0 spiro atoms. The van der Waals surface area contributed by atoms with Gasteiger partial charge < -0.3 is 15.5 Å². The highest BCUT2D eigenvalue weighted by atomic mass is 127. The minimum absolute atomic E-state index is 0. The third-order valence-electron chi connectivity index (χ3n) is 2.39. The smallest absolute Gasteiger partial charge is 0.191 e. The van der Waals surface area contributed by atoms with Gasteiger partial charge in [0.25, 0.3) is 0 Å². The first-order valence-corrected chi connectivity index (χ1v) is 7.29. The molecule has 19 heavy (non-hydrogen) atoms. The van der Waals surface area contributed by atoms with Gasteiger partial charge in [-0.25, -0.2) is 4.99 Å². The Hall–Kier alpha value is -0.340. The van der Waals surface area contributed by atoms with Gasteiger partial charge in [-0.3, -0.25) is 0 Å². The van der Waals surface area contributed by atoms with E-state index in [0.29, 0.717) is 0 Å². The largest absolute Gasteiger partial charge is 0.357 e. The van der Waals surface area contributed by atoms with Crippen molar-refractivity contribution in [2.45, 2.75) is 19.9 Å². The number of hydrogen-bond donors (Lipinski definition) is 2. The minimum atomic E-state index is 0. The summed E-state index contributed by atoms with van der Waals surface area (Å²) < 4.78 is 0. The number of halogens is 1. The van der Waals surface area contributed by atoms with Crippen LogP contribution in [0.4, 0.5) is 0 Å². The fourth-order valence-corrected chi connectivity index (χ4v) is 2.13. The zero-order valence-corrected chi connectivity index (χ0v) is 15.1. The second-order valence-corrected chi connectivity index (χ2v) is 5.39. The topological polar surface area (TPSA) is 39.7 Å². The van der Waals surface area contributed by atoms with Crippen LogP contribution in [0.2, 0.25) is 0 Å². The summed E-state index contributed by atoms with van der Waals surface area (Å²) >= 11 is 1.75. The van der Waals surface area contributed by atoms with E-state index >= 15 is 0 Å². The van der Waals surface area contributed by atoms with E-state index in [1.165, 1.54) is 4.88 Å². The van der Waals surface area contributed by atoms with Gasteiger partial charge in [0.1, 0.15) is 0 Å². The van der Waals surface area contributed by atoms with Gasteiger partial charge >= 0.3 is 0 Å². The molecule has 0 fully saturated rings. The third-order valence-corrected chi connectivity index (χ3v) is 3.25. The number of rotatable bonds is 7. The predicted molar refractivity (Wildman–Crippen MR) is 95.7 cm³/mol. The summed E-state index contributed by atoms with van der Waals surface area (Å²) in [5.74, 6) is 0.907. The number of nitrogens with zero attached hydrogens (tertiary/aromatic N) is 2. The minimum Gasteiger partial charge on any atom is -0.357 e. The molecule has 0 bridgehead atoms. The van der Waals surface area contributed by atoms with Crippen molar-refractivity contribution in [3.05, 3.63) is 22.4 Å². The molecule has 0 aromatic carbocycles. The second-order valence-electron chi connectivity index (χ2n) is 4.36. The maximum atomic E-state index is 4.56. The molecule has 0 radical (unpaired) electrons. The first kappa shape index (κ1) is 18.7. The fraction of sp³-hybridized carbons (Fsp3) is 0.615. The normalized spacial score (nSPS) is 11.3. The fourth-order valence-electron chi connectivity index (χ4n) is 1.50.